The highest BCUT2D eigenvalue weighted by Crippen LogP contribution is 2.24. The maximum Gasteiger partial charge on any atom is 0.370 e. The van der Waals surface area contributed by atoms with Gasteiger partial charge in [0.15, 0.2) is 0 Å². The number of nitrogens with two attached hydrogens (primary N) is 1. The van der Waals surface area contributed by atoms with Crippen molar-refractivity contribution in [3.05, 3.63) is 11.8 Å². The van der Waals surface area contributed by atoms with Crippen LogP contribution < -0.4 is 16.5 Å². The minimum Gasteiger partial charge on any atom is -0.478 e. The average molecular weight is 1050 g/mol. The Kier molecular flexibility index (Phi) is 46.3. The van der Waals surface area contributed by atoms with Crippen molar-refractivity contribution in [3.63, 3.8) is 0 Å². The van der Waals surface area contributed by atoms with Crippen LogP contribution in [0.15, 0.2) is 11.8 Å². The summed E-state index contributed by atoms with van der Waals surface area (Å²) in [6, 6.07) is -0.609. The third-order valence-corrected chi connectivity index (χ3v) is 9.69. The normalized spacial score (nSPS) is 15.0. The number of ether oxygens (including phenoxy) is 15. The number of amides is 3. The Bertz CT molecular complexity index is 1340. The van der Waals surface area contributed by atoms with Crippen LogP contribution in [0.4, 0.5) is 0 Å². The Morgan fingerprint density at radius 3 is 1.47 bits per heavy atom. The van der Waals surface area contributed by atoms with Gasteiger partial charge in [-0.15, -0.1) is 0 Å². The lowest BCUT2D eigenvalue weighted by Gasteiger charge is -2.36. The van der Waals surface area contributed by atoms with Crippen LogP contribution in [0.3, 0.4) is 0 Å². The second-order valence-corrected chi connectivity index (χ2v) is 15.5. The zero-order chi connectivity index (χ0) is 52.4. The summed E-state index contributed by atoms with van der Waals surface area (Å²) in [4.78, 5) is 53.9. The first-order valence-electron chi connectivity index (χ1n) is 24.6. The van der Waals surface area contributed by atoms with Crippen LogP contribution >= 0.6 is 0 Å². The van der Waals surface area contributed by atoms with Crippen LogP contribution in [0, 0.1) is 0 Å². The first-order chi connectivity index (χ1) is 35.2. The number of carbonyl (C=O) groups excluding carboxylic acids is 3. The molecule has 0 aromatic carbocycles. The van der Waals surface area contributed by atoms with Crippen LogP contribution in [0.1, 0.15) is 32.6 Å². The summed E-state index contributed by atoms with van der Waals surface area (Å²) in [5.41, 5.74) is 0. The number of rotatable bonds is 54. The minimum atomic E-state index is -1.28. The van der Waals surface area contributed by atoms with Gasteiger partial charge in [-0.1, -0.05) is 0 Å². The second-order valence-electron chi connectivity index (χ2n) is 15.5. The molecule has 0 fully saturated rings. The lowest BCUT2D eigenvalue weighted by molar-refractivity contribution is -0.146. The fraction of sp³-hybridized carbons (Fsp3) is 0.870. The minimum absolute atomic E-state index is 0.0456. The number of carboxylic acid groups (broad SMARTS) is 1. The fourth-order valence-electron chi connectivity index (χ4n) is 6.04. The molecular weight excluding hydrogens is 961 g/mol. The predicted molar refractivity (Wildman–Crippen MR) is 255 cm³/mol. The third kappa shape index (κ3) is 41.1. The van der Waals surface area contributed by atoms with Gasteiger partial charge in [-0.25, -0.2) is 10.7 Å². The van der Waals surface area contributed by atoms with Gasteiger partial charge < -0.3 is 102 Å². The van der Waals surface area contributed by atoms with Crippen molar-refractivity contribution in [3.8, 4) is 0 Å². The van der Waals surface area contributed by atoms with Crippen molar-refractivity contribution in [1.29, 1.82) is 0 Å². The molecule has 1 heterocycles. The van der Waals surface area contributed by atoms with E-state index in [-0.39, 0.29) is 69.8 Å². The summed E-state index contributed by atoms with van der Waals surface area (Å²) in [6.45, 7) is 13.0. The summed E-state index contributed by atoms with van der Waals surface area (Å²) >= 11 is 0. The van der Waals surface area contributed by atoms with Gasteiger partial charge in [-0.3, -0.25) is 14.4 Å². The van der Waals surface area contributed by atoms with Crippen LogP contribution in [0.5, 0.6) is 0 Å². The number of hydrogen-bond acceptors (Lipinski definition) is 22. The lowest BCUT2D eigenvalue weighted by Crippen LogP contribution is -2.52. The molecule has 1 aliphatic heterocycles. The molecule has 26 heteroatoms. The summed E-state index contributed by atoms with van der Waals surface area (Å²) in [6.07, 6.45) is 0.769. The zero-order valence-corrected chi connectivity index (χ0v) is 42.6. The number of aliphatic hydroxyl groups excluding tert-OH is 1. The van der Waals surface area contributed by atoms with Gasteiger partial charge in [0.2, 0.25) is 23.5 Å². The summed E-state index contributed by atoms with van der Waals surface area (Å²) in [5, 5.41) is 24.2. The van der Waals surface area contributed by atoms with Gasteiger partial charge >= 0.3 is 5.97 Å². The molecular formula is C46H86N4O22. The number of likely N-dealkylation sites (N-methyl/N-ethyl adjacent to an activating group) is 1. The van der Waals surface area contributed by atoms with Gasteiger partial charge in [0.1, 0.15) is 12.7 Å². The maximum absolute atomic E-state index is 12.4. The van der Waals surface area contributed by atoms with Gasteiger partial charge in [-0.05, 0) is 18.9 Å². The van der Waals surface area contributed by atoms with E-state index in [9.17, 15) is 29.4 Å². The molecule has 0 bridgehead atoms. The van der Waals surface area contributed by atoms with Crippen LogP contribution in [-0.4, -0.2) is 269 Å². The topological polar surface area (TPSA) is 310 Å². The smallest absolute Gasteiger partial charge is 0.370 e. The number of nitrogens with zero attached hydrogens (tertiary/aromatic N) is 1. The Morgan fingerprint density at radius 2 is 1.06 bits per heavy atom. The van der Waals surface area contributed by atoms with Crippen molar-refractivity contribution in [2.24, 2.45) is 5.90 Å². The number of carboxylic acids is 1. The highest BCUT2D eigenvalue weighted by molar-refractivity contribution is 5.84. The number of aliphatic hydroxyl groups is 1. The Hall–Kier alpha value is -3.26. The van der Waals surface area contributed by atoms with Gasteiger partial charge in [0.05, 0.1) is 184 Å². The molecule has 0 aromatic heterocycles. The van der Waals surface area contributed by atoms with E-state index in [1.54, 1.807) is 7.05 Å². The molecule has 6 N–H and O–H groups in total. The second kappa shape index (κ2) is 49.9. The molecule has 0 aliphatic carbocycles. The Labute approximate surface area is 424 Å². The molecule has 1 aliphatic rings. The molecule has 0 unspecified atom stereocenters. The van der Waals surface area contributed by atoms with Crippen LogP contribution in [0.2, 0.25) is 0 Å². The molecule has 26 nitrogen and oxygen atoms in total. The van der Waals surface area contributed by atoms with Crippen molar-refractivity contribution >= 4 is 23.7 Å². The third-order valence-electron chi connectivity index (χ3n) is 9.69. The Morgan fingerprint density at radius 1 is 0.639 bits per heavy atom. The van der Waals surface area contributed by atoms with Crippen molar-refractivity contribution in [2.45, 2.75) is 50.9 Å². The maximum atomic E-state index is 12.4. The molecule has 72 heavy (non-hydrogen) atoms. The summed E-state index contributed by atoms with van der Waals surface area (Å²) < 4.78 is 82.4. The standard InChI is InChI=1S/C46H86N4O22/c1-39(52)49-40-4-5-42(46(55)56)72-45(40)41(6-10-51)70-38-43(53)48-8-14-60-15-9-50(2)44(54)7-13-59-18-21-63-24-27-65-29-31-67-33-32-66-30-28-64-25-22-61-19-16-57-11-3-12-58-17-20-62-23-26-68-34-35-69-36-37-71-47/h5,40-41,45,51H,3-4,6-38,47H2,1-2H3,(H,48,53)(H,49,52)(H,55,56)/t40-,41-,45-/m1/s1. The van der Waals surface area contributed by atoms with Crippen molar-refractivity contribution in [2.75, 3.05) is 212 Å². The molecule has 0 aromatic rings. The molecule has 0 saturated carbocycles. The number of nitrogens with one attached hydrogen (secondary N) is 2. The van der Waals surface area contributed by atoms with Crippen molar-refractivity contribution < 1.29 is 105 Å². The molecule has 0 saturated heterocycles. The van der Waals surface area contributed by atoms with E-state index < -0.39 is 36.7 Å². The first-order valence-corrected chi connectivity index (χ1v) is 24.6. The molecule has 422 valence electrons. The monoisotopic (exact) mass is 1050 g/mol. The summed E-state index contributed by atoms with van der Waals surface area (Å²) in [7, 11) is 1.66. The molecule has 0 radical (unpaired) electrons. The molecule has 0 spiro atoms. The van der Waals surface area contributed by atoms with E-state index in [0.717, 1.165) is 6.42 Å². The highest BCUT2D eigenvalue weighted by atomic mass is 16.6. The molecule has 1 rings (SSSR count). The van der Waals surface area contributed by atoms with Gasteiger partial charge in [-0.2, -0.15) is 0 Å². The molecule has 3 amide bonds. The number of hydrogen-bond donors (Lipinski definition) is 5. The lowest BCUT2D eigenvalue weighted by atomic mass is 9.97. The van der Waals surface area contributed by atoms with E-state index >= 15 is 0 Å². The summed E-state index contributed by atoms with van der Waals surface area (Å²) in [5.74, 6) is 2.41. The predicted octanol–water partition coefficient (Wildman–Crippen LogP) is -1.52. The molecule has 3 atom stereocenters. The van der Waals surface area contributed by atoms with Crippen molar-refractivity contribution in [1.82, 2.24) is 15.5 Å². The highest BCUT2D eigenvalue weighted by Gasteiger charge is 2.37. The van der Waals surface area contributed by atoms with E-state index in [1.165, 1.54) is 17.9 Å². The number of carbonyl (C=O) groups is 4. The van der Waals surface area contributed by atoms with E-state index in [4.69, 9.17) is 76.9 Å². The first kappa shape index (κ1) is 66.8. The zero-order valence-electron chi connectivity index (χ0n) is 42.6. The number of aliphatic carboxylic acids is 1. The Balaban J connectivity index is 1.82. The van der Waals surface area contributed by atoms with Gasteiger partial charge in [0.25, 0.3) is 0 Å². The SMILES string of the molecule is CC(=O)N[C@@H]1CC=C(C(=O)O)O[C@H]1[C@@H](CCO)OCC(=O)NCCOCCN(C)C(=O)CCOCCOCCOCCOCCOCCOCCOCCOCCCOCCOCCOCCOCCON. The fourth-order valence-corrected chi connectivity index (χ4v) is 6.04. The van der Waals surface area contributed by atoms with Gasteiger partial charge in [0, 0.05) is 53.3 Å². The largest absolute Gasteiger partial charge is 0.478 e. The van der Waals surface area contributed by atoms with E-state index in [1.807, 2.05) is 0 Å². The van der Waals surface area contributed by atoms with E-state index in [2.05, 4.69) is 15.5 Å². The van der Waals surface area contributed by atoms with Crippen LogP contribution in [0.25, 0.3) is 0 Å². The quantitative estimate of drug-likeness (QED) is 0.0341. The average Bonchev–Trinajstić information content (AvgIpc) is 3.36. The van der Waals surface area contributed by atoms with E-state index in [0.29, 0.717) is 165 Å². The van der Waals surface area contributed by atoms with Crippen LogP contribution in [-0.2, 0) is 95.1 Å².